The molecule has 0 saturated heterocycles. The molecule has 0 aliphatic heterocycles. The van der Waals surface area contributed by atoms with Gasteiger partial charge >= 0.3 is 0 Å². The van der Waals surface area contributed by atoms with Crippen LogP contribution in [-0.2, 0) is 7.05 Å². The molecule has 3 N–H and O–H groups in total. The summed E-state index contributed by atoms with van der Waals surface area (Å²) in [5.74, 6) is 0.477. The summed E-state index contributed by atoms with van der Waals surface area (Å²) in [6.07, 6.45) is 4.40. The molecular formula is C26H25ClFN5O2S. The van der Waals surface area contributed by atoms with Gasteiger partial charge in [-0.3, -0.25) is 9.48 Å². The van der Waals surface area contributed by atoms with Crippen LogP contribution in [-0.4, -0.2) is 27.8 Å². The number of nitrogen functional groups attached to an aromatic ring is 1. The van der Waals surface area contributed by atoms with Crippen molar-refractivity contribution in [2.75, 3.05) is 18.2 Å². The molecule has 1 amide bonds. The van der Waals surface area contributed by atoms with Gasteiger partial charge in [0.05, 0.1) is 17.8 Å². The summed E-state index contributed by atoms with van der Waals surface area (Å²) in [7, 11) is 3.40. The van der Waals surface area contributed by atoms with E-state index in [0.717, 1.165) is 41.1 Å². The van der Waals surface area contributed by atoms with Crippen molar-refractivity contribution < 1.29 is 13.9 Å². The first-order chi connectivity index (χ1) is 17.4. The maximum atomic E-state index is 13.5. The lowest BCUT2D eigenvalue weighted by Gasteiger charge is -2.16. The molecule has 10 heteroatoms. The Bertz CT molecular complexity index is 1420. The van der Waals surface area contributed by atoms with Crippen LogP contribution >= 0.6 is 22.9 Å². The van der Waals surface area contributed by atoms with Crippen LogP contribution in [0.3, 0.4) is 0 Å². The highest BCUT2D eigenvalue weighted by Gasteiger charge is 2.34. The number of anilines is 2. The van der Waals surface area contributed by atoms with Crippen molar-refractivity contribution in [2.45, 2.75) is 31.1 Å². The average Bonchev–Trinajstić information content (AvgIpc) is 3.62. The number of aromatic nitrogens is 3. The Morgan fingerprint density at radius 2 is 2.06 bits per heavy atom. The number of nitrogens with two attached hydrogens (primary N) is 1. The van der Waals surface area contributed by atoms with Crippen molar-refractivity contribution in [1.29, 1.82) is 0 Å². The van der Waals surface area contributed by atoms with E-state index in [1.54, 1.807) is 31.7 Å². The van der Waals surface area contributed by atoms with Gasteiger partial charge in [-0.1, -0.05) is 23.7 Å². The van der Waals surface area contributed by atoms with Gasteiger partial charge in [0, 0.05) is 35.8 Å². The zero-order chi connectivity index (χ0) is 25.4. The van der Waals surface area contributed by atoms with Crippen LogP contribution in [0.1, 0.15) is 52.7 Å². The largest absolute Gasteiger partial charge is 0.496 e. The molecule has 2 aromatic heterocycles. The highest BCUT2D eigenvalue weighted by molar-refractivity contribution is 7.13. The van der Waals surface area contributed by atoms with Gasteiger partial charge in [0.1, 0.15) is 28.0 Å². The number of nitrogens with zero attached hydrogens (tertiary/aromatic N) is 3. The monoisotopic (exact) mass is 525 g/mol. The van der Waals surface area contributed by atoms with E-state index in [0.29, 0.717) is 16.9 Å². The van der Waals surface area contributed by atoms with Crippen LogP contribution in [0.15, 0.2) is 48.0 Å². The minimum atomic E-state index is -0.552. The van der Waals surface area contributed by atoms with E-state index >= 15 is 0 Å². The molecule has 5 rings (SSSR count). The van der Waals surface area contributed by atoms with E-state index in [1.165, 1.54) is 22.9 Å². The number of halogens is 2. The highest BCUT2D eigenvalue weighted by Crippen LogP contribution is 2.47. The molecule has 1 fully saturated rings. The van der Waals surface area contributed by atoms with Gasteiger partial charge in [0.25, 0.3) is 5.91 Å². The first kappa shape index (κ1) is 24.3. The molecule has 0 radical (unpaired) electrons. The standard InChI is InChI=1S/C26H25ClFN5O2S/c1-33-24(29)22(25(34)31-17-6-8-20(28)19(27)13-17)23(32-33)15-4-3-14(11-15)18-7-5-16(12-21(18)35-2)26-30-9-10-36-26/h5-10,12-15H,3-4,11,29H2,1-2H3,(H,31,34). The smallest absolute Gasteiger partial charge is 0.261 e. The minimum absolute atomic E-state index is 0.0550. The molecule has 2 unspecified atom stereocenters. The molecule has 186 valence electrons. The van der Waals surface area contributed by atoms with Crippen molar-refractivity contribution in [1.82, 2.24) is 14.8 Å². The fourth-order valence-electron chi connectivity index (χ4n) is 4.90. The van der Waals surface area contributed by atoms with Crippen LogP contribution < -0.4 is 15.8 Å². The van der Waals surface area contributed by atoms with E-state index in [1.807, 2.05) is 11.4 Å². The summed E-state index contributed by atoms with van der Waals surface area (Å²) in [6, 6.07) is 10.3. The third-order valence-corrected chi connectivity index (χ3v) is 7.81. The van der Waals surface area contributed by atoms with Crippen molar-refractivity contribution in [3.8, 4) is 16.3 Å². The second-order valence-corrected chi connectivity index (χ2v) is 10.2. The van der Waals surface area contributed by atoms with Gasteiger partial charge in [-0.05, 0) is 55.0 Å². The normalized spacial score (nSPS) is 17.3. The highest BCUT2D eigenvalue weighted by atomic mass is 35.5. The number of thiazole rings is 1. The Morgan fingerprint density at radius 3 is 2.78 bits per heavy atom. The lowest BCUT2D eigenvalue weighted by Crippen LogP contribution is -2.16. The lowest BCUT2D eigenvalue weighted by molar-refractivity contribution is 0.102. The van der Waals surface area contributed by atoms with Crippen molar-refractivity contribution >= 4 is 40.4 Å². The number of carbonyl (C=O) groups is 1. The Labute approximate surface area is 217 Å². The van der Waals surface area contributed by atoms with Crippen molar-refractivity contribution in [3.63, 3.8) is 0 Å². The number of ether oxygens (including phenoxy) is 1. The Morgan fingerprint density at radius 1 is 1.25 bits per heavy atom. The molecular weight excluding hydrogens is 501 g/mol. The van der Waals surface area contributed by atoms with E-state index in [2.05, 4.69) is 27.5 Å². The topological polar surface area (TPSA) is 95.1 Å². The molecule has 0 spiro atoms. The third-order valence-electron chi connectivity index (χ3n) is 6.70. The second-order valence-electron chi connectivity index (χ2n) is 8.85. The molecule has 2 heterocycles. The SMILES string of the molecule is COc1cc(-c2nccs2)ccc1C1CCC(c2nn(C)c(N)c2C(=O)Nc2ccc(F)c(Cl)c2)C1. The summed E-state index contributed by atoms with van der Waals surface area (Å²) in [4.78, 5) is 17.6. The number of benzene rings is 2. The molecule has 4 aromatic rings. The predicted molar refractivity (Wildman–Crippen MR) is 140 cm³/mol. The van der Waals surface area contributed by atoms with Crippen LogP contribution in [0.5, 0.6) is 5.75 Å². The number of rotatable bonds is 6. The summed E-state index contributed by atoms with van der Waals surface area (Å²) < 4.78 is 20.8. The number of carbonyl (C=O) groups excluding carboxylic acids is 1. The van der Waals surface area contributed by atoms with Crippen LogP contribution in [0, 0.1) is 5.82 Å². The summed E-state index contributed by atoms with van der Waals surface area (Å²) in [6.45, 7) is 0. The first-order valence-corrected chi connectivity index (χ1v) is 12.8. The number of hydrogen-bond acceptors (Lipinski definition) is 6. The van der Waals surface area contributed by atoms with E-state index in [9.17, 15) is 9.18 Å². The average molecular weight is 526 g/mol. The van der Waals surface area contributed by atoms with E-state index in [-0.39, 0.29) is 22.7 Å². The van der Waals surface area contributed by atoms with Crippen LogP contribution in [0.4, 0.5) is 15.9 Å². The quantitative estimate of drug-likeness (QED) is 0.311. The third kappa shape index (κ3) is 4.56. The fraction of sp³-hybridized carbons (Fsp3) is 0.269. The van der Waals surface area contributed by atoms with Gasteiger partial charge in [0.15, 0.2) is 0 Å². The van der Waals surface area contributed by atoms with Crippen LogP contribution in [0.2, 0.25) is 5.02 Å². The van der Waals surface area contributed by atoms with Gasteiger partial charge in [-0.25, -0.2) is 9.37 Å². The lowest BCUT2D eigenvalue weighted by atomic mass is 9.92. The number of methoxy groups -OCH3 is 1. The molecule has 1 aliphatic carbocycles. The Kier molecular flexibility index (Phi) is 6.68. The number of hydrogen-bond donors (Lipinski definition) is 2. The summed E-state index contributed by atoms with van der Waals surface area (Å²) >= 11 is 7.46. The van der Waals surface area contributed by atoms with Gasteiger partial charge in [-0.15, -0.1) is 11.3 Å². The van der Waals surface area contributed by atoms with Crippen LogP contribution in [0.25, 0.3) is 10.6 Å². The molecule has 36 heavy (non-hydrogen) atoms. The zero-order valence-electron chi connectivity index (χ0n) is 19.8. The van der Waals surface area contributed by atoms with Crippen molar-refractivity contribution in [2.24, 2.45) is 7.05 Å². The molecule has 0 bridgehead atoms. The fourth-order valence-corrected chi connectivity index (χ4v) is 5.72. The molecule has 7 nitrogen and oxygen atoms in total. The molecule has 1 aliphatic rings. The Balaban J connectivity index is 1.39. The number of nitrogens with one attached hydrogen (secondary N) is 1. The summed E-state index contributed by atoms with van der Waals surface area (Å²) in [5.41, 5.74) is 9.82. The second kappa shape index (κ2) is 9.91. The maximum Gasteiger partial charge on any atom is 0.261 e. The predicted octanol–water partition coefficient (Wildman–Crippen LogP) is 6.23. The van der Waals surface area contributed by atoms with E-state index in [4.69, 9.17) is 22.1 Å². The molecule has 2 aromatic carbocycles. The number of amides is 1. The zero-order valence-corrected chi connectivity index (χ0v) is 21.4. The molecule has 1 saturated carbocycles. The van der Waals surface area contributed by atoms with Gasteiger partial charge < -0.3 is 15.8 Å². The Hall–Kier alpha value is -3.43. The molecule has 2 atom stereocenters. The minimum Gasteiger partial charge on any atom is -0.496 e. The number of aryl methyl sites for hydroxylation is 1. The van der Waals surface area contributed by atoms with E-state index < -0.39 is 11.7 Å². The van der Waals surface area contributed by atoms with Gasteiger partial charge in [-0.2, -0.15) is 5.10 Å². The summed E-state index contributed by atoms with van der Waals surface area (Å²) in [5, 5.41) is 10.2. The van der Waals surface area contributed by atoms with Crippen molar-refractivity contribution in [3.05, 3.63) is 75.6 Å². The first-order valence-electron chi connectivity index (χ1n) is 11.5. The van der Waals surface area contributed by atoms with Gasteiger partial charge in [0.2, 0.25) is 0 Å². The maximum absolute atomic E-state index is 13.5.